The van der Waals surface area contributed by atoms with E-state index in [0.717, 1.165) is 11.1 Å². The minimum Gasteiger partial charge on any atom is -0.464 e. The predicted octanol–water partition coefficient (Wildman–Crippen LogP) is 2.94. The highest BCUT2D eigenvalue weighted by atomic mass is 16.5. The molecule has 4 nitrogen and oxygen atoms in total. The number of esters is 1. The molecular formula is C18H17NO3. The molecule has 0 aromatic heterocycles. The van der Waals surface area contributed by atoms with Crippen molar-refractivity contribution in [3.63, 3.8) is 0 Å². The number of nitrogens with one attached hydrogen (secondary N) is 1. The standard InChI is InChI=1S/C18H17NO3/c1-13-8-10-14(11-9-13)12-16(18(21)22-2)19-17(20)15-6-4-3-5-7-15/h3-12H,1-2H3,(H,19,20)/b16-12-. The second-order valence-electron chi connectivity index (χ2n) is 4.78. The molecule has 2 aromatic rings. The van der Waals surface area contributed by atoms with Gasteiger partial charge in [0, 0.05) is 5.56 Å². The van der Waals surface area contributed by atoms with Gasteiger partial charge in [0.05, 0.1) is 7.11 Å². The molecule has 1 N–H and O–H groups in total. The lowest BCUT2D eigenvalue weighted by Gasteiger charge is -2.08. The maximum atomic E-state index is 12.2. The van der Waals surface area contributed by atoms with E-state index in [1.54, 1.807) is 30.3 Å². The summed E-state index contributed by atoms with van der Waals surface area (Å²) < 4.78 is 4.72. The predicted molar refractivity (Wildman–Crippen MR) is 85.1 cm³/mol. The van der Waals surface area contributed by atoms with E-state index in [9.17, 15) is 9.59 Å². The summed E-state index contributed by atoms with van der Waals surface area (Å²) in [4.78, 5) is 24.0. The fourth-order valence-corrected chi connectivity index (χ4v) is 1.87. The summed E-state index contributed by atoms with van der Waals surface area (Å²) in [5.74, 6) is -0.950. The fraction of sp³-hybridized carbons (Fsp3) is 0.111. The van der Waals surface area contributed by atoms with E-state index < -0.39 is 5.97 Å². The molecule has 0 unspecified atom stereocenters. The molecular weight excluding hydrogens is 278 g/mol. The van der Waals surface area contributed by atoms with E-state index in [1.165, 1.54) is 7.11 Å². The molecule has 0 aliphatic heterocycles. The van der Waals surface area contributed by atoms with Gasteiger partial charge in [0.15, 0.2) is 0 Å². The normalized spacial score (nSPS) is 10.9. The molecule has 0 aliphatic rings. The summed E-state index contributed by atoms with van der Waals surface area (Å²) in [7, 11) is 1.28. The highest BCUT2D eigenvalue weighted by Gasteiger charge is 2.14. The zero-order chi connectivity index (χ0) is 15.9. The Labute approximate surface area is 129 Å². The van der Waals surface area contributed by atoms with Gasteiger partial charge in [-0.15, -0.1) is 0 Å². The highest BCUT2D eigenvalue weighted by molar-refractivity contribution is 6.03. The number of methoxy groups -OCH3 is 1. The summed E-state index contributed by atoms with van der Waals surface area (Å²) in [6.45, 7) is 1.98. The van der Waals surface area contributed by atoms with Crippen molar-refractivity contribution in [2.75, 3.05) is 7.11 Å². The average Bonchev–Trinajstić information content (AvgIpc) is 2.56. The minimum absolute atomic E-state index is 0.0974. The first kappa shape index (κ1) is 15.5. The molecule has 0 atom stereocenters. The lowest BCUT2D eigenvalue weighted by atomic mass is 10.1. The molecule has 0 spiro atoms. The Morgan fingerprint density at radius 1 is 1.00 bits per heavy atom. The number of hydrogen-bond donors (Lipinski definition) is 1. The third kappa shape index (κ3) is 4.06. The zero-order valence-electron chi connectivity index (χ0n) is 12.5. The number of amides is 1. The lowest BCUT2D eigenvalue weighted by Crippen LogP contribution is -2.28. The van der Waals surface area contributed by atoms with Crippen molar-refractivity contribution < 1.29 is 14.3 Å². The van der Waals surface area contributed by atoms with Crippen molar-refractivity contribution in [2.24, 2.45) is 0 Å². The van der Waals surface area contributed by atoms with Gasteiger partial charge in [-0.25, -0.2) is 4.79 Å². The summed E-state index contributed by atoms with van der Waals surface area (Å²) >= 11 is 0. The van der Waals surface area contributed by atoms with Crippen LogP contribution in [-0.2, 0) is 9.53 Å². The quantitative estimate of drug-likeness (QED) is 0.697. The topological polar surface area (TPSA) is 55.4 Å². The Kier molecular flexibility index (Phi) is 5.09. The van der Waals surface area contributed by atoms with E-state index in [1.807, 2.05) is 37.3 Å². The van der Waals surface area contributed by atoms with Crippen molar-refractivity contribution in [3.05, 3.63) is 77.0 Å². The molecule has 0 aliphatic carbocycles. The van der Waals surface area contributed by atoms with Crippen LogP contribution in [0.25, 0.3) is 6.08 Å². The van der Waals surface area contributed by atoms with Gasteiger partial charge in [-0.2, -0.15) is 0 Å². The van der Waals surface area contributed by atoms with Gasteiger partial charge in [-0.05, 0) is 30.7 Å². The molecule has 0 bridgehead atoms. The van der Waals surface area contributed by atoms with Crippen molar-refractivity contribution in [2.45, 2.75) is 6.92 Å². The third-order valence-electron chi connectivity index (χ3n) is 3.08. The molecule has 2 aromatic carbocycles. The van der Waals surface area contributed by atoms with Crippen LogP contribution in [-0.4, -0.2) is 19.0 Å². The zero-order valence-corrected chi connectivity index (χ0v) is 12.5. The van der Waals surface area contributed by atoms with Crippen molar-refractivity contribution in [1.82, 2.24) is 5.32 Å². The summed E-state index contributed by atoms with van der Waals surface area (Å²) in [5, 5.41) is 2.59. The molecule has 0 heterocycles. The van der Waals surface area contributed by atoms with E-state index >= 15 is 0 Å². The van der Waals surface area contributed by atoms with Crippen molar-refractivity contribution >= 4 is 18.0 Å². The smallest absolute Gasteiger partial charge is 0.354 e. The van der Waals surface area contributed by atoms with Crippen LogP contribution in [0, 0.1) is 6.92 Å². The first-order chi connectivity index (χ1) is 10.6. The van der Waals surface area contributed by atoms with Crippen LogP contribution >= 0.6 is 0 Å². The van der Waals surface area contributed by atoms with E-state index in [-0.39, 0.29) is 11.6 Å². The Bertz CT molecular complexity index is 688. The minimum atomic E-state index is -0.593. The summed E-state index contributed by atoms with van der Waals surface area (Å²) in [6.07, 6.45) is 1.59. The molecule has 0 fully saturated rings. The van der Waals surface area contributed by atoms with Gasteiger partial charge in [-0.3, -0.25) is 4.79 Å². The van der Waals surface area contributed by atoms with Gasteiger partial charge >= 0.3 is 5.97 Å². The highest BCUT2D eigenvalue weighted by Crippen LogP contribution is 2.09. The van der Waals surface area contributed by atoms with Gasteiger partial charge in [0.2, 0.25) is 0 Å². The SMILES string of the molecule is COC(=O)/C(=C/c1ccc(C)cc1)NC(=O)c1ccccc1. The van der Waals surface area contributed by atoms with Crippen LogP contribution in [0.2, 0.25) is 0 Å². The second-order valence-corrected chi connectivity index (χ2v) is 4.78. The van der Waals surface area contributed by atoms with Crippen molar-refractivity contribution in [3.8, 4) is 0 Å². The molecule has 112 valence electrons. The van der Waals surface area contributed by atoms with E-state index in [2.05, 4.69) is 5.32 Å². The second kappa shape index (κ2) is 7.22. The number of carbonyl (C=O) groups excluding carboxylic acids is 2. The van der Waals surface area contributed by atoms with Crippen LogP contribution in [0.5, 0.6) is 0 Å². The van der Waals surface area contributed by atoms with Crippen LogP contribution < -0.4 is 5.32 Å². The molecule has 0 saturated heterocycles. The summed E-state index contributed by atoms with van der Waals surface area (Å²) in [6, 6.07) is 16.3. The number of benzene rings is 2. The Balaban J connectivity index is 2.25. The van der Waals surface area contributed by atoms with Gasteiger partial charge in [0.1, 0.15) is 5.70 Å². The number of carbonyl (C=O) groups is 2. The molecule has 4 heteroatoms. The number of aryl methyl sites for hydroxylation is 1. The number of rotatable bonds is 4. The fourth-order valence-electron chi connectivity index (χ4n) is 1.87. The van der Waals surface area contributed by atoms with Gasteiger partial charge in [-0.1, -0.05) is 48.0 Å². The van der Waals surface area contributed by atoms with E-state index in [4.69, 9.17) is 4.74 Å². The number of ether oxygens (including phenoxy) is 1. The monoisotopic (exact) mass is 295 g/mol. The molecule has 0 radical (unpaired) electrons. The van der Waals surface area contributed by atoms with E-state index in [0.29, 0.717) is 5.56 Å². The Morgan fingerprint density at radius 3 is 2.23 bits per heavy atom. The largest absolute Gasteiger partial charge is 0.464 e. The Morgan fingerprint density at radius 2 is 1.64 bits per heavy atom. The average molecular weight is 295 g/mol. The van der Waals surface area contributed by atoms with Crippen LogP contribution in [0.3, 0.4) is 0 Å². The first-order valence-corrected chi connectivity index (χ1v) is 6.83. The van der Waals surface area contributed by atoms with Crippen LogP contribution in [0.1, 0.15) is 21.5 Å². The van der Waals surface area contributed by atoms with Crippen LogP contribution in [0.4, 0.5) is 0 Å². The summed E-state index contributed by atoms with van der Waals surface area (Å²) in [5.41, 5.74) is 2.49. The van der Waals surface area contributed by atoms with Crippen LogP contribution in [0.15, 0.2) is 60.3 Å². The first-order valence-electron chi connectivity index (χ1n) is 6.83. The Hall–Kier alpha value is -2.88. The molecule has 2 rings (SSSR count). The third-order valence-corrected chi connectivity index (χ3v) is 3.08. The lowest BCUT2D eigenvalue weighted by molar-refractivity contribution is -0.136. The van der Waals surface area contributed by atoms with Crippen molar-refractivity contribution in [1.29, 1.82) is 0 Å². The molecule has 0 saturated carbocycles. The maximum Gasteiger partial charge on any atom is 0.354 e. The van der Waals surface area contributed by atoms with Gasteiger partial charge in [0.25, 0.3) is 5.91 Å². The molecule has 1 amide bonds. The van der Waals surface area contributed by atoms with Gasteiger partial charge < -0.3 is 10.1 Å². The molecule has 22 heavy (non-hydrogen) atoms. The maximum absolute atomic E-state index is 12.2. The number of hydrogen-bond acceptors (Lipinski definition) is 3.